The Hall–Kier alpha value is -2.61. The zero-order valence-corrected chi connectivity index (χ0v) is 19.1. The van der Waals surface area contributed by atoms with Gasteiger partial charge in [0.2, 0.25) is 5.91 Å². The fourth-order valence-electron chi connectivity index (χ4n) is 4.00. The van der Waals surface area contributed by atoms with Gasteiger partial charge in [-0.2, -0.15) is 5.10 Å². The number of amides is 1. The van der Waals surface area contributed by atoms with Crippen LogP contribution in [-0.4, -0.2) is 51.0 Å². The number of thioether (sulfide) groups is 1. The van der Waals surface area contributed by atoms with Crippen LogP contribution in [0.3, 0.4) is 0 Å². The Bertz CT molecular complexity index is 1040. The van der Waals surface area contributed by atoms with Crippen LogP contribution in [0.5, 0.6) is 0 Å². The largest absolute Gasteiger partial charge is 0.356 e. The molecule has 1 fully saturated rings. The van der Waals surface area contributed by atoms with E-state index in [0.29, 0.717) is 19.5 Å². The normalized spacial score (nSPS) is 14.2. The molecule has 3 aromatic rings. The number of hydrogen-bond acceptors (Lipinski definition) is 6. The summed E-state index contributed by atoms with van der Waals surface area (Å²) in [6.45, 7) is 7.30. The van der Waals surface area contributed by atoms with E-state index in [1.54, 1.807) is 11.8 Å². The smallest absolute Gasteiger partial charge is 0.224 e. The van der Waals surface area contributed by atoms with Crippen molar-refractivity contribution in [2.45, 2.75) is 51.2 Å². The van der Waals surface area contributed by atoms with E-state index in [4.69, 9.17) is 9.97 Å². The first-order valence-electron chi connectivity index (χ1n) is 11.1. The zero-order chi connectivity index (χ0) is 21.6. The molecule has 1 aromatic carbocycles. The summed E-state index contributed by atoms with van der Waals surface area (Å²) in [4.78, 5) is 24.3. The van der Waals surface area contributed by atoms with Crippen LogP contribution in [0.1, 0.15) is 37.3 Å². The van der Waals surface area contributed by atoms with E-state index in [2.05, 4.69) is 22.2 Å². The van der Waals surface area contributed by atoms with E-state index in [1.807, 2.05) is 42.1 Å². The predicted molar refractivity (Wildman–Crippen MR) is 126 cm³/mol. The first-order chi connectivity index (χ1) is 15.1. The lowest BCUT2D eigenvalue weighted by molar-refractivity contribution is -0.120. The molecular formula is C23H30N6OS. The molecule has 0 aliphatic carbocycles. The number of rotatable bonds is 8. The van der Waals surface area contributed by atoms with Crippen LogP contribution >= 0.6 is 11.8 Å². The highest BCUT2D eigenvalue weighted by molar-refractivity contribution is 7.99. The standard InChI is InChI=1S/C23H30N6OS/c1-3-31-23-26-21(28-11-5-4-6-12-28)19-16-25-29(22(19)27-23)13-10-24-20(30)15-18-9-7-8-17(2)14-18/h7-9,14,16H,3-6,10-13,15H2,1-2H3,(H,24,30). The van der Waals surface area contributed by atoms with Crippen molar-refractivity contribution in [3.63, 3.8) is 0 Å². The predicted octanol–water partition coefficient (Wildman–Crippen LogP) is 3.60. The molecule has 0 atom stereocenters. The number of piperidine rings is 1. The number of anilines is 1. The van der Waals surface area contributed by atoms with Gasteiger partial charge in [-0.05, 0) is 37.5 Å². The third-order valence-corrected chi connectivity index (χ3v) is 6.21. The molecule has 1 N–H and O–H groups in total. The van der Waals surface area contributed by atoms with Crippen molar-refractivity contribution in [2.24, 2.45) is 0 Å². The summed E-state index contributed by atoms with van der Waals surface area (Å²) in [6, 6.07) is 8.06. The highest BCUT2D eigenvalue weighted by Crippen LogP contribution is 2.29. The summed E-state index contributed by atoms with van der Waals surface area (Å²) in [5, 5.41) is 9.37. The third-order valence-electron chi connectivity index (χ3n) is 5.48. The number of aromatic nitrogens is 4. The van der Waals surface area contributed by atoms with Crippen molar-refractivity contribution in [2.75, 3.05) is 30.3 Å². The summed E-state index contributed by atoms with van der Waals surface area (Å²) in [7, 11) is 0. The second-order valence-electron chi connectivity index (χ2n) is 7.93. The Morgan fingerprint density at radius 3 is 2.81 bits per heavy atom. The summed E-state index contributed by atoms with van der Waals surface area (Å²) in [6.07, 6.45) is 5.93. The lowest BCUT2D eigenvalue weighted by Gasteiger charge is -2.28. The fourth-order valence-corrected chi connectivity index (χ4v) is 4.56. The molecule has 3 heterocycles. The Morgan fingerprint density at radius 1 is 1.19 bits per heavy atom. The van der Waals surface area contributed by atoms with Gasteiger partial charge >= 0.3 is 0 Å². The molecule has 0 spiro atoms. The molecule has 7 nitrogen and oxygen atoms in total. The van der Waals surface area contributed by atoms with Crippen LogP contribution in [0.4, 0.5) is 5.82 Å². The summed E-state index contributed by atoms with van der Waals surface area (Å²) in [5.74, 6) is 1.94. The molecule has 31 heavy (non-hydrogen) atoms. The van der Waals surface area contributed by atoms with Gasteiger partial charge in [0, 0.05) is 19.6 Å². The van der Waals surface area contributed by atoms with Gasteiger partial charge in [0.05, 0.1) is 24.5 Å². The van der Waals surface area contributed by atoms with Crippen molar-refractivity contribution in [3.8, 4) is 0 Å². The average molecular weight is 439 g/mol. The monoisotopic (exact) mass is 438 g/mol. The van der Waals surface area contributed by atoms with Crippen molar-refractivity contribution >= 4 is 34.5 Å². The molecule has 4 rings (SSSR count). The van der Waals surface area contributed by atoms with E-state index in [9.17, 15) is 4.79 Å². The number of nitrogens with one attached hydrogen (secondary N) is 1. The first kappa shape index (κ1) is 21.6. The molecule has 0 radical (unpaired) electrons. The molecule has 1 aliphatic rings. The number of aryl methyl sites for hydroxylation is 1. The highest BCUT2D eigenvalue weighted by Gasteiger charge is 2.20. The number of fused-ring (bicyclic) bond motifs is 1. The number of carbonyl (C=O) groups excluding carboxylic acids is 1. The third kappa shape index (κ3) is 5.36. The Labute approximate surface area is 187 Å². The van der Waals surface area contributed by atoms with Crippen LogP contribution in [0.2, 0.25) is 0 Å². The van der Waals surface area contributed by atoms with Gasteiger partial charge in [0.25, 0.3) is 0 Å². The highest BCUT2D eigenvalue weighted by atomic mass is 32.2. The summed E-state index contributed by atoms with van der Waals surface area (Å²) >= 11 is 1.65. The van der Waals surface area contributed by atoms with Crippen LogP contribution in [0.15, 0.2) is 35.6 Å². The molecule has 0 unspecified atom stereocenters. The van der Waals surface area contributed by atoms with Crippen molar-refractivity contribution < 1.29 is 4.79 Å². The van der Waals surface area contributed by atoms with Crippen molar-refractivity contribution in [1.82, 2.24) is 25.1 Å². The summed E-state index contributed by atoms with van der Waals surface area (Å²) in [5.41, 5.74) is 3.04. The van der Waals surface area contributed by atoms with Crippen LogP contribution in [-0.2, 0) is 17.8 Å². The van der Waals surface area contributed by atoms with Crippen molar-refractivity contribution in [1.29, 1.82) is 0 Å². The van der Waals surface area contributed by atoms with E-state index < -0.39 is 0 Å². The van der Waals surface area contributed by atoms with Gasteiger partial charge in [0.15, 0.2) is 10.8 Å². The minimum atomic E-state index is 0.0212. The van der Waals surface area contributed by atoms with Crippen LogP contribution in [0, 0.1) is 6.92 Å². The number of hydrogen-bond donors (Lipinski definition) is 1. The Morgan fingerprint density at radius 2 is 2.03 bits per heavy atom. The van der Waals surface area contributed by atoms with E-state index in [0.717, 1.165) is 46.4 Å². The number of nitrogens with zero attached hydrogens (tertiary/aromatic N) is 5. The molecule has 1 aliphatic heterocycles. The van der Waals surface area contributed by atoms with Gasteiger partial charge in [-0.1, -0.05) is 48.5 Å². The maximum absolute atomic E-state index is 12.3. The van der Waals surface area contributed by atoms with Crippen LogP contribution < -0.4 is 10.2 Å². The molecular weight excluding hydrogens is 408 g/mol. The molecule has 2 aromatic heterocycles. The maximum Gasteiger partial charge on any atom is 0.224 e. The lowest BCUT2D eigenvalue weighted by atomic mass is 10.1. The molecule has 1 saturated heterocycles. The van der Waals surface area contributed by atoms with Gasteiger partial charge < -0.3 is 10.2 Å². The summed E-state index contributed by atoms with van der Waals surface area (Å²) < 4.78 is 1.89. The molecule has 8 heteroatoms. The second-order valence-corrected chi connectivity index (χ2v) is 9.16. The minimum absolute atomic E-state index is 0.0212. The SMILES string of the molecule is CCSc1nc(N2CCCCC2)c2cnn(CCNC(=O)Cc3cccc(C)c3)c2n1. The number of benzene rings is 1. The minimum Gasteiger partial charge on any atom is -0.356 e. The lowest BCUT2D eigenvalue weighted by Crippen LogP contribution is -2.30. The van der Waals surface area contributed by atoms with Crippen molar-refractivity contribution in [3.05, 3.63) is 41.6 Å². The Kier molecular flexibility index (Phi) is 7.06. The van der Waals surface area contributed by atoms with Gasteiger partial charge in [-0.15, -0.1) is 0 Å². The zero-order valence-electron chi connectivity index (χ0n) is 18.3. The molecule has 1 amide bonds. The Balaban J connectivity index is 1.46. The molecule has 164 valence electrons. The maximum atomic E-state index is 12.3. The van der Waals surface area contributed by atoms with E-state index >= 15 is 0 Å². The van der Waals surface area contributed by atoms with Gasteiger partial charge in [-0.25, -0.2) is 14.6 Å². The number of carbonyl (C=O) groups is 1. The fraction of sp³-hybridized carbons (Fsp3) is 0.478. The topological polar surface area (TPSA) is 75.9 Å². The quantitative estimate of drug-likeness (QED) is 0.428. The second kappa shape index (κ2) is 10.1. The van der Waals surface area contributed by atoms with Crippen LogP contribution in [0.25, 0.3) is 11.0 Å². The average Bonchev–Trinajstić information content (AvgIpc) is 3.17. The first-order valence-corrected chi connectivity index (χ1v) is 12.1. The van der Waals surface area contributed by atoms with Gasteiger partial charge in [-0.3, -0.25) is 4.79 Å². The van der Waals surface area contributed by atoms with E-state index in [-0.39, 0.29) is 5.91 Å². The van der Waals surface area contributed by atoms with Gasteiger partial charge in [0.1, 0.15) is 5.82 Å². The van der Waals surface area contributed by atoms with E-state index in [1.165, 1.54) is 24.8 Å². The molecule has 0 saturated carbocycles. The molecule has 0 bridgehead atoms.